The van der Waals surface area contributed by atoms with Gasteiger partial charge in [0.1, 0.15) is 5.41 Å². The fraction of sp³-hybridized carbons (Fsp3) is 0.833. The first kappa shape index (κ1) is 17.7. The number of carbonyl (C=O) groups excluding carboxylic acids is 1. The number of hydrogen-bond acceptors (Lipinski definition) is 5. The summed E-state index contributed by atoms with van der Waals surface area (Å²) in [5, 5.41) is 14.2. The lowest BCUT2D eigenvalue weighted by molar-refractivity contribution is -0.126. The van der Waals surface area contributed by atoms with Crippen molar-refractivity contribution in [3.8, 4) is 0 Å². The second kappa shape index (κ2) is 9.57. The van der Waals surface area contributed by atoms with E-state index in [4.69, 9.17) is 20.4 Å². The second-order valence-corrected chi connectivity index (χ2v) is 4.68. The number of ether oxygens (including phenoxy) is 2. The van der Waals surface area contributed by atoms with Crippen LogP contribution in [-0.4, -0.2) is 50.4 Å². The van der Waals surface area contributed by atoms with Crippen molar-refractivity contribution in [3.05, 3.63) is 0 Å². The second-order valence-electron chi connectivity index (χ2n) is 4.68. The molecule has 0 aliphatic heterocycles. The summed E-state index contributed by atoms with van der Waals surface area (Å²) in [6, 6.07) is 0. The van der Waals surface area contributed by atoms with Gasteiger partial charge in [0.05, 0.1) is 13.2 Å². The van der Waals surface area contributed by atoms with Crippen LogP contribution in [-0.2, 0) is 14.3 Å². The van der Waals surface area contributed by atoms with Gasteiger partial charge in [-0.1, -0.05) is 5.16 Å². The van der Waals surface area contributed by atoms with E-state index in [9.17, 15) is 4.79 Å². The molecule has 0 aromatic rings. The molecule has 0 radical (unpaired) electrons. The van der Waals surface area contributed by atoms with Gasteiger partial charge in [0.2, 0.25) is 5.91 Å². The van der Waals surface area contributed by atoms with Crippen molar-refractivity contribution in [3.63, 3.8) is 0 Å². The Kier molecular flexibility index (Phi) is 8.90. The molecule has 7 heteroatoms. The van der Waals surface area contributed by atoms with Crippen molar-refractivity contribution in [1.29, 1.82) is 0 Å². The van der Waals surface area contributed by atoms with Crippen LogP contribution in [0, 0.1) is 5.41 Å². The van der Waals surface area contributed by atoms with Gasteiger partial charge in [-0.15, -0.1) is 0 Å². The molecule has 0 unspecified atom stereocenters. The van der Waals surface area contributed by atoms with E-state index >= 15 is 0 Å². The predicted octanol–water partition coefficient (Wildman–Crippen LogP) is 0.318. The van der Waals surface area contributed by atoms with E-state index in [1.807, 2.05) is 0 Å². The zero-order chi connectivity index (χ0) is 14.7. The van der Waals surface area contributed by atoms with Crippen molar-refractivity contribution < 1.29 is 19.5 Å². The van der Waals surface area contributed by atoms with Crippen LogP contribution in [0.15, 0.2) is 5.16 Å². The van der Waals surface area contributed by atoms with Gasteiger partial charge >= 0.3 is 0 Å². The highest BCUT2D eigenvalue weighted by Gasteiger charge is 2.32. The zero-order valence-corrected chi connectivity index (χ0v) is 11.9. The monoisotopic (exact) mass is 275 g/mol. The van der Waals surface area contributed by atoms with E-state index in [2.05, 4.69) is 10.5 Å². The Hall–Kier alpha value is -1.34. The fourth-order valence-electron chi connectivity index (χ4n) is 1.24. The van der Waals surface area contributed by atoms with Gasteiger partial charge in [-0.2, -0.15) is 0 Å². The maximum atomic E-state index is 11.8. The number of hydrogen-bond donors (Lipinski definition) is 3. The topological polar surface area (TPSA) is 106 Å². The van der Waals surface area contributed by atoms with Gasteiger partial charge in [0.25, 0.3) is 0 Å². The molecule has 0 bridgehead atoms. The standard InChI is InChI=1S/C12H25N3O4/c1-12(2,10(13)15-17)11(16)14-6-4-5-7-19-9-8-18-3/h17H,4-9H2,1-3H3,(H2,13,15)(H,14,16). The minimum Gasteiger partial charge on any atom is -0.409 e. The first-order chi connectivity index (χ1) is 8.96. The van der Waals surface area contributed by atoms with Gasteiger partial charge in [0.15, 0.2) is 5.84 Å². The number of nitrogens with two attached hydrogens (primary N) is 1. The van der Waals surface area contributed by atoms with Crippen molar-refractivity contribution in [2.45, 2.75) is 26.7 Å². The Morgan fingerprint density at radius 3 is 2.58 bits per heavy atom. The van der Waals surface area contributed by atoms with E-state index in [1.165, 1.54) is 0 Å². The summed E-state index contributed by atoms with van der Waals surface area (Å²) in [4.78, 5) is 11.8. The number of oxime groups is 1. The molecule has 0 aliphatic carbocycles. The number of nitrogens with zero attached hydrogens (tertiary/aromatic N) is 1. The molecule has 0 fully saturated rings. The molecule has 112 valence electrons. The van der Waals surface area contributed by atoms with Gasteiger partial charge < -0.3 is 25.7 Å². The van der Waals surface area contributed by atoms with Crippen molar-refractivity contribution in [2.24, 2.45) is 16.3 Å². The van der Waals surface area contributed by atoms with Gasteiger partial charge in [0, 0.05) is 20.3 Å². The summed E-state index contributed by atoms with van der Waals surface area (Å²) in [6.07, 6.45) is 1.67. The number of amidine groups is 1. The molecule has 19 heavy (non-hydrogen) atoms. The maximum Gasteiger partial charge on any atom is 0.233 e. The smallest absolute Gasteiger partial charge is 0.233 e. The van der Waals surface area contributed by atoms with Crippen molar-refractivity contribution in [2.75, 3.05) is 33.5 Å². The largest absolute Gasteiger partial charge is 0.409 e. The van der Waals surface area contributed by atoms with Crippen molar-refractivity contribution >= 4 is 11.7 Å². The molecule has 0 saturated heterocycles. The van der Waals surface area contributed by atoms with E-state index in [0.717, 1.165) is 12.8 Å². The van der Waals surface area contributed by atoms with Gasteiger partial charge in [-0.05, 0) is 26.7 Å². The van der Waals surface area contributed by atoms with Crippen molar-refractivity contribution in [1.82, 2.24) is 5.32 Å². The van der Waals surface area contributed by atoms with Crippen LogP contribution in [0.3, 0.4) is 0 Å². The van der Waals surface area contributed by atoms with Gasteiger partial charge in [-0.3, -0.25) is 4.79 Å². The molecule has 4 N–H and O–H groups in total. The number of nitrogens with one attached hydrogen (secondary N) is 1. The average Bonchev–Trinajstić information content (AvgIpc) is 2.40. The summed E-state index contributed by atoms with van der Waals surface area (Å²) in [5.74, 6) is -0.365. The average molecular weight is 275 g/mol. The molecular formula is C12H25N3O4. The molecule has 0 aliphatic rings. The normalized spacial score (nSPS) is 12.5. The third kappa shape index (κ3) is 6.97. The molecule has 0 saturated carbocycles. The summed E-state index contributed by atoms with van der Waals surface area (Å²) in [5.41, 5.74) is 4.45. The van der Waals surface area contributed by atoms with E-state index < -0.39 is 5.41 Å². The summed E-state index contributed by atoms with van der Waals surface area (Å²) >= 11 is 0. The Morgan fingerprint density at radius 1 is 1.32 bits per heavy atom. The van der Waals surface area contributed by atoms with Gasteiger partial charge in [-0.25, -0.2) is 0 Å². The summed E-state index contributed by atoms with van der Waals surface area (Å²) < 4.78 is 10.1. The van der Waals surface area contributed by atoms with Crippen LogP contribution in [0.2, 0.25) is 0 Å². The lowest BCUT2D eigenvalue weighted by Crippen LogP contribution is -2.46. The molecule has 7 nitrogen and oxygen atoms in total. The van der Waals surface area contributed by atoms with Crippen LogP contribution in [0.4, 0.5) is 0 Å². The third-order valence-electron chi connectivity index (χ3n) is 2.75. The number of methoxy groups -OCH3 is 1. The minimum absolute atomic E-state index is 0.104. The Labute approximate surface area is 114 Å². The number of rotatable bonds is 10. The highest BCUT2D eigenvalue weighted by atomic mass is 16.5. The number of amides is 1. The highest BCUT2D eigenvalue weighted by Crippen LogP contribution is 2.14. The lowest BCUT2D eigenvalue weighted by atomic mass is 9.91. The minimum atomic E-state index is -1.01. The zero-order valence-electron chi connectivity index (χ0n) is 11.9. The van der Waals surface area contributed by atoms with Crippen LogP contribution >= 0.6 is 0 Å². The molecular weight excluding hydrogens is 250 g/mol. The third-order valence-corrected chi connectivity index (χ3v) is 2.75. The first-order valence-corrected chi connectivity index (χ1v) is 6.29. The van der Waals surface area contributed by atoms with Crippen LogP contribution in [0.5, 0.6) is 0 Å². The predicted molar refractivity (Wildman–Crippen MR) is 72.1 cm³/mol. The quantitative estimate of drug-likeness (QED) is 0.175. The van der Waals surface area contributed by atoms with Crippen LogP contribution in [0.1, 0.15) is 26.7 Å². The fourth-order valence-corrected chi connectivity index (χ4v) is 1.24. The van der Waals surface area contributed by atoms with Crippen LogP contribution in [0.25, 0.3) is 0 Å². The molecule has 0 rings (SSSR count). The van der Waals surface area contributed by atoms with E-state index in [1.54, 1.807) is 21.0 Å². The van der Waals surface area contributed by atoms with Crippen LogP contribution < -0.4 is 11.1 Å². The summed E-state index contributed by atoms with van der Waals surface area (Å²) in [6.45, 7) is 5.55. The SMILES string of the molecule is COCCOCCCCNC(=O)C(C)(C)C(N)=NO. The molecule has 0 heterocycles. The molecule has 0 aromatic heterocycles. The summed E-state index contributed by atoms with van der Waals surface area (Å²) in [7, 11) is 1.63. The Balaban J connectivity index is 3.70. The number of carbonyl (C=O) groups is 1. The molecule has 0 spiro atoms. The Bertz CT molecular complexity index is 293. The van der Waals surface area contributed by atoms with E-state index in [0.29, 0.717) is 26.4 Å². The maximum absolute atomic E-state index is 11.8. The Morgan fingerprint density at radius 2 is 2.00 bits per heavy atom. The number of unbranched alkanes of at least 4 members (excludes halogenated alkanes) is 1. The highest BCUT2D eigenvalue weighted by molar-refractivity contribution is 6.05. The first-order valence-electron chi connectivity index (χ1n) is 6.29. The van der Waals surface area contributed by atoms with E-state index in [-0.39, 0.29) is 11.7 Å². The lowest BCUT2D eigenvalue weighted by Gasteiger charge is -2.21. The molecule has 0 aromatic carbocycles. The molecule has 0 atom stereocenters. The molecule has 1 amide bonds.